The molecule has 1 aromatic rings. The average molecular weight is 289 g/mol. The highest BCUT2D eigenvalue weighted by molar-refractivity contribution is 9.11. The predicted octanol–water partition coefficient (Wildman–Crippen LogP) is 3.79. The zero-order valence-electron chi connectivity index (χ0n) is 8.91. The van der Waals surface area contributed by atoms with Gasteiger partial charge in [0.1, 0.15) is 0 Å². The van der Waals surface area contributed by atoms with Gasteiger partial charge in [0.05, 0.1) is 14.2 Å². The van der Waals surface area contributed by atoms with Crippen molar-refractivity contribution in [3.8, 4) is 11.5 Å². The molecule has 2 nitrogen and oxygen atoms in total. The monoisotopic (exact) mass is 288 g/mol. The summed E-state index contributed by atoms with van der Waals surface area (Å²) >= 11 is 4.95. The smallest absolute Gasteiger partial charge is 0.161 e. The minimum absolute atomic E-state index is 0.746. The molecular weight excluding hydrogens is 276 g/mol. The lowest BCUT2D eigenvalue weighted by Crippen LogP contribution is -1.92. The van der Waals surface area contributed by atoms with Gasteiger partial charge in [0.25, 0.3) is 0 Å². The Kier molecular flexibility index (Phi) is 5.05. The molecule has 1 aromatic carbocycles. The van der Waals surface area contributed by atoms with Gasteiger partial charge in [0.2, 0.25) is 0 Å². The number of methoxy groups -OCH3 is 2. The van der Waals surface area contributed by atoms with Gasteiger partial charge >= 0.3 is 0 Å². The van der Waals surface area contributed by atoms with Crippen LogP contribution in [0.15, 0.2) is 22.0 Å². The molecule has 15 heavy (non-hydrogen) atoms. The Bertz CT molecular complexity index is 364. The zero-order chi connectivity index (χ0) is 11.3. The summed E-state index contributed by atoms with van der Waals surface area (Å²) in [5.74, 6) is 1.50. The van der Waals surface area contributed by atoms with Crippen molar-refractivity contribution in [1.29, 1.82) is 0 Å². The molecule has 0 bridgehead atoms. The summed E-state index contributed by atoms with van der Waals surface area (Å²) in [5.41, 5.74) is 1.11. The quantitative estimate of drug-likeness (QED) is 0.786. The van der Waals surface area contributed by atoms with Gasteiger partial charge in [0.15, 0.2) is 11.5 Å². The molecule has 0 spiro atoms. The Balaban J connectivity index is 3.27. The van der Waals surface area contributed by atoms with Gasteiger partial charge in [-0.05, 0) is 35.0 Å². The van der Waals surface area contributed by atoms with Crippen molar-refractivity contribution in [1.82, 2.24) is 0 Å². The van der Waals surface area contributed by atoms with Crippen LogP contribution >= 0.6 is 27.7 Å². The van der Waals surface area contributed by atoms with Crippen LogP contribution in [0.5, 0.6) is 11.5 Å². The van der Waals surface area contributed by atoms with Crippen molar-refractivity contribution in [3.63, 3.8) is 0 Å². The van der Waals surface area contributed by atoms with Crippen LogP contribution in [-0.4, -0.2) is 20.5 Å². The second-order valence-corrected chi connectivity index (χ2v) is 4.12. The summed E-state index contributed by atoms with van der Waals surface area (Å²) in [6.45, 7) is 0. The third kappa shape index (κ3) is 2.92. The van der Waals surface area contributed by atoms with Gasteiger partial charge in [-0.15, -0.1) is 11.8 Å². The third-order valence-corrected chi connectivity index (χ3v) is 3.04. The van der Waals surface area contributed by atoms with E-state index in [4.69, 9.17) is 9.47 Å². The molecule has 82 valence electrons. The van der Waals surface area contributed by atoms with Gasteiger partial charge in [0, 0.05) is 4.90 Å². The second-order valence-electron chi connectivity index (χ2n) is 2.74. The summed E-state index contributed by atoms with van der Waals surface area (Å²) in [5, 5.41) is 0. The topological polar surface area (TPSA) is 18.5 Å². The van der Waals surface area contributed by atoms with Crippen molar-refractivity contribution in [2.45, 2.75) is 4.90 Å². The van der Waals surface area contributed by atoms with E-state index in [2.05, 4.69) is 15.9 Å². The van der Waals surface area contributed by atoms with Crippen LogP contribution in [0.3, 0.4) is 0 Å². The number of benzene rings is 1. The Morgan fingerprint density at radius 1 is 1.20 bits per heavy atom. The van der Waals surface area contributed by atoms with E-state index in [9.17, 15) is 0 Å². The van der Waals surface area contributed by atoms with Crippen molar-refractivity contribution in [2.75, 3.05) is 20.5 Å². The average Bonchev–Trinajstić information content (AvgIpc) is 2.28. The molecule has 0 atom stereocenters. The number of thioether (sulfide) groups is 1. The molecular formula is C11H13BrO2S. The molecule has 0 heterocycles. The van der Waals surface area contributed by atoms with Crippen molar-refractivity contribution < 1.29 is 9.47 Å². The lowest BCUT2D eigenvalue weighted by Gasteiger charge is -2.11. The van der Waals surface area contributed by atoms with Crippen LogP contribution < -0.4 is 9.47 Å². The maximum atomic E-state index is 5.24. The molecule has 0 radical (unpaired) electrons. The fraction of sp³-hybridized carbons (Fsp3) is 0.273. The molecule has 0 aliphatic carbocycles. The first kappa shape index (κ1) is 12.5. The van der Waals surface area contributed by atoms with E-state index >= 15 is 0 Å². The summed E-state index contributed by atoms with van der Waals surface area (Å²) in [6.07, 6.45) is 4.01. The largest absolute Gasteiger partial charge is 0.493 e. The second kappa shape index (κ2) is 6.08. The van der Waals surface area contributed by atoms with Crippen LogP contribution in [0.2, 0.25) is 0 Å². The maximum Gasteiger partial charge on any atom is 0.161 e. The molecule has 0 unspecified atom stereocenters. The van der Waals surface area contributed by atoms with E-state index in [0.717, 1.165) is 22.0 Å². The molecule has 0 aromatic heterocycles. The lowest BCUT2D eigenvalue weighted by atomic mass is 10.2. The standard InChI is InChI=1S/C11H13BrO2S/c1-13-9-6-8(4-5-12)11(15-3)7-10(9)14-2/h4-7H,1-3H3/b5-4+. The molecule has 0 aliphatic rings. The van der Waals surface area contributed by atoms with Crippen LogP contribution in [0.25, 0.3) is 6.08 Å². The fourth-order valence-corrected chi connectivity index (χ4v) is 2.12. The van der Waals surface area contributed by atoms with Gasteiger partial charge in [-0.3, -0.25) is 0 Å². The number of halogens is 1. The molecule has 0 saturated carbocycles. The van der Waals surface area contributed by atoms with Crippen LogP contribution in [0.1, 0.15) is 5.56 Å². The zero-order valence-corrected chi connectivity index (χ0v) is 11.3. The van der Waals surface area contributed by atoms with Gasteiger partial charge in [-0.2, -0.15) is 0 Å². The highest BCUT2D eigenvalue weighted by Crippen LogP contribution is 2.35. The third-order valence-electron chi connectivity index (χ3n) is 1.98. The fourth-order valence-electron chi connectivity index (χ4n) is 1.25. The van der Waals surface area contributed by atoms with E-state index in [1.54, 1.807) is 26.0 Å². The summed E-state index contributed by atoms with van der Waals surface area (Å²) in [7, 11) is 3.28. The van der Waals surface area contributed by atoms with Crippen LogP contribution in [-0.2, 0) is 0 Å². The van der Waals surface area contributed by atoms with E-state index in [-0.39, 0.29) is 0 Å². The first-order valence-corrected chi connectivity index (χ1v) is 6.47. The van der Waals surface area contributed by atoms with Crippen LogP contribution in [0, 0.1) is 0 Å². The molecule has 0 fully saturated rings. The number of rotatable bonds is 4. The number of ether oxygens (including phenoxy) is 2. The number of hydrogen-bond donors (Lipinski definition) is 0. The summed E-state index contributed by atoms with van der Waals surface area (Å²) in [4.78, 5) is 2.98. The van der Waals surface area contributed by atoms with Gasteiger partial charge in [-0.1, -0.05) is 15.9 Å². The normalized spacial score (nSPS) is 10.7. The maximum absolute atomic E-state index is 5.24. The van der Waals surface area contributed by atoms with E-state index < -0.39 is 0 Å². The molecule has 0 aliphatic heterocycles. The van der Waals surface area contributed by atoms with Gasteiger partial charge in [-0.25, -0.2) is 0 Å². The van der Waals surface area contributed by atoms with Crippen LogP contribution in [0.4, 0.5) is 0 Å². The predicted molar refractivity (Wildman–Crippen MR) is 69.3 cm³/mol. The molecule has 0 N–H and O–H groups in total. The molecule has 0 amide bonds. The van der Waals surface area contributed by atoms with E-state index in [0.29, 0.717) is 0 Å². The number of hydrogen-bond acceptors (Lipinski definition) is 3. The first-order valence-electron chi connectivity index (χ1n) is 4.33. The molecule has 0 saturated heterocycles. The Morgan fingerprint density at radius 2 is 1.80 bits per heavy atom. The van der Waals surface area contributed by atoms with E-state index in [1.807, 2.05) is 29.4 Å². The van der Waals surface area contributed by atoms with E-state index in [1.165, 1.54) is 0 Å². The lowest BCUT2D eigenvalue weighted by molar-refractivity contribution is 0.354. The highest BCUT2D eigenvalue weighted by atomic mass is 79.9. The minimum atomic E-state index is 0.746. The highest BCUT2D eigenvalue weighted by Gasteiger charge is 2.08. The summed E-state index contributed by atoms with van der Waals surface area (Å²) < 4.78 is 10.5. The van der Waals surface area contributed by atoms with Crippen molar-refractivity contribution in [3.05, 3.63) is 22.7 Å². The Hall–Kier alpha value is -0.610. The molecule has 4 heteroatoms. The Morgan fingerprint density at radius 3 is 2.27 bits per heavy atom. The molecule has 1 rings (SSSR count). The van der Waals surface area contributed by atoms with Gasteiger partial charge < -0.3 is 9.47 Å². The van der Waals surface area contributed by atoms with Crippen molar-refractivity contribution in [2.24, 2.45) is 0 Å². The minimum Gasteiger partial charge on any atom is -0.493 e. The van der Waals surface area contributed by atoms with Crippen molar-refractivity contribution >= 4 is 33.8 Å². The Labute approximate surface area is 103 Å². The summed E-state index contributed by atoms with van der Waals surface area (Å²) in [6, 6.07) is 3.94. The first-order chi connectivity index (χ1) is 7.26. The SMILES string of the molecule is COc1cc(/C=C/Br)c(SC)cc1OC.